The minimum absolute atomic E-state index is 0.0652. The van der Waals surface area contributed by atoms with Crippen LogP contribution in [0, 0.1) is 0 Å². The van der Waals surface area contributed by atoms with E-state index in [0.29, 0.717) is 28.5 Å². The number of ketones is 2. The maximum Gasteiger partial charge on any atom is 0.163 e. The van der Waals surface area contributed by atoms with Crippen molar-refractivity contribution >= 4 is 27.5 Å². The van der Waals surface area contributed by atoms with Crippen LogP contribution in [0.5, 0.6) is 5.75 Å². The molecule has 0 amide bonds. The SMILES string of the molecule is O=C1CCCC2=C1C(c1ccc(O)c(Br)c1)C1=C(CCCC1=O)O2. The smallest absolute Gasteiger partial charge is 0.163 e. The Balaban J connectivity index is 1.92. The Morgan fingerprint density at radius 2 is 1.54 bits per heavy atom. The second-order valence-electron chi connectivity index (χ2n) is 6.47. The van der Waals surface area contributed by atoms with Crippen molar-refractivity contribution in [3.63, 3.8) is 0 Å². The standard InChI is InChI=1S/C19H17BrO4/c20-11-9-10(7-8-12(11)21)17-18-13(22)3-1-5-15(18)24-16-6-2-4-14(23)19(16)17/h7-9,17,21H,1-6H2. The maximum atomic E-state index is 12.6. The lowest BCUT2D eigenvalue weighted by atomic mass is 9.73. The van der Waals surface area contributed by atoms with E-state index in [9.17, 15) is 14.7 Å². The molecule has 24 heavy (non-hydrogen) atoms. The summed E-state index contributed by atoms with van der Waals surface area (Å²) >= 11 is 3.34. The summed E-state index contributed by atoms with van der Waals surface area (Å²) in [4.78, 5) is 25.2. The van der Waals surface area contributed by atoms with Crippen molar-refractivity contribution in [1.82, 2.24) is 0 Å². The second-order valence-corrected chi connectivity index (χ2v) is 7.33. The summed E-state index contributed by atoms with van der Waals surface area (Å²) in [6.07, 6.45) is 4.05. The van der Waals surface area contributed by atoms with Crippen LogP contribution in [0.2, 0.25) is 0 Å². The molecule has 5 heteroatoms. The van der Waals surface area contributed by atoms with Gasteiger partial charge in [0.1, 0.15) is 17.3 Å². The van der Waals surface area contributed by atoms with Gasteiger partial charge in [-0.15, -0.1) is 0 Å². The summed E-state index contributed by atoms with van der Waals surface area (Å²) in [6, 6.07) is 5.18. The summed E-state index contributed by atoms with van der Waals surface area (Å²) in [7, 11) is 0. The molecule has 0 bridgehead atoms. The van der Waals surface area contributed by atoms with Gasteiger partial charge >= 0.3 is 0 Å². The first kappa shape index (κ1) is 15.6. The lowest BCUT2D eigenvalue weighted by Crippen LogP contribution is -2.30. The van der Waals surface area contributed by atoms with E-state index in [1.54, 1.807) is 18.2 Å². The molecule has 0 aromatic heterocycles. The number of rotatable bonds is 1. The Hall–Kier alpha value is -1.88. The molecule has 1 N–H and O–H groups in total. The molecule has 2 aliphatic carbocycles. The number of phenols is 1. The number of hydrogen-bond acceptors (Lipinski definition) is 4. The molecule has 1 aliphatic heterocycles. The van der Waals surface area contributed by atoms with Gasteiger partial charge in [-0.3, -0.25) is 9.59 Å². The van der Waals surface area contributed by atoms with Crippen molar-refractivity contribution in [2.45, 2.75) is 44.4 Å². The van der Waals surface area contributed by atoms with Crippen molar-refractivity contribution in [2.24, 2.45) is 0 Å². The fourth-order valence-corrected chi connectivity index (χ4v) is 4.25. The van der Waals surface area contributed by atoms with Crippen LogP contribution in [0.15, 0.2) is 45.3 Å². The van der Waals surface area contributed by atoms with Gasteiger partial charge in [0.15, 0.2) is 11.6 Å². The Labute approximate surface area is 148 Å². The third kappa shape index (κ3) is 2.42. The number of aromatic hydroxyl groups is 1. The predicted octanol–water partition coefficient (Wildman–Crippen LogP) is 4.28. The Bertz CT molecular complexity index is 777. The molecule has 0 radical (unpaired) electrons. The first-order chi connectivity index (χ1) is 11.6. The number of halogens is 1. The summed E-state index contributed by atoms with van der Waals surface area (Å²) in [5, 5.41) is 9.78. The van der Waals surface area contributed by atoms with Gasteiger partial charge in [0, 0.05) is 42.7 Å². The molecule has 0 saturated carbocycles. The monoisotopic (exact) mass is 388 g/mol. The van der Waals surface area contributed by atoms with Gasteiger partial charge in [0.25, 0.3) is 0 Å². The first-order valence-electron chi connectivity index (χ1n) is 8.25. The number of ether oxygens (including phenoxy) is 1. The quantitative estimate of drug-likeness (QED) is 0.779. The molecule has 0 atom stereocenters. The molecule has 4 rings (SSSR count). The first-order valence-corrected chi connectivity index (χ1v) is 9.04. The molecular formula is C19H17BrO4. The van der Waals surface area contributed by atoms with Gasteiger partial charge in [-0.2, -0.15) is 0 Å². The Morgan fingerprint density at radius 3 is 2.08 bits per heavy atom. The van der Waals surface area contributed by atoms with Crippen molar-refractivity contribution in [3.8, 4) is 5.75 Å². The topological polar surface area (TPSA) is 63.6 Å². The van der Waals surface area contributed by atoms with E-state index in [1.165, 1.54) is 0 Å². The zero-order chi connectivity index (χ0) is 16.8. The van der Waals surface area contributed by atoms with E-state index in [1.807, 2.05) is 0 Å². The highest BCUT2D eigenvalue weighted by atomic mass is 79.9. The van der Waals surface area contributed by atoms with Crippen LogP contribution in [0.4, 0.5) is 0 Å². The van der Waals surface area contributed by atoms with Gasteiger partial charge < -0.3 is 9.84 Å². The molecule has 1 aromatic rings. The third-order valence-corrected chi connectivity index (χ3v) is 5.58. The molecule has 1 aromatic carbocycles. The van der Waals surface area contributed by atoms with Gasteiger partial charge in [-0.25, -0.2) is 0 Å². The highest BCUT2D eigenvalue weighted by Crippen LogP contribution is 2.48. The number of benzene rings is 1. The fraction of sp³-hybridized carbons (Fsp3) is 0.368. The van der Waals surface area contributed by atoms with Crippen LogP contribution in [0.1, 0.15) is 50.0 Å². The highest BCUT2D eigenvalue weighted by Gasteiger charge is 2.41. The summed E-state index contributed by atoms with van der Waals surface area (Å²) in [5.74, 6) is 1.36. The van der Waals surface area contributed by atoms with E-state index < -0.39 is 0 Å². The van der Waals surface area contributed by atoms with E-state index in [-0.39, 0.29) is 23.2 Å². The molecule has 1 heterocycles. The van der Waals surface area contributed by atoms with Crippen LogP contribution < -0.4 is 0 Å². The molecule has 0 saturated heterocycles. The van der Waals surface area contributed by atoms with E-state index in [2.05, 4.69) is 15.9 Å². The Morgan fingerprint density at radius 1 is 0.958 bits per heavy atom. The molecule has 124 valence electrons. The van der Waals surface area contributed by atoms with Gasteiger partial charge in [0.05, 0.1) is 4.47 Å². The van der Waals surface area contributed by atoms with Crippen molar-refractivity contribution in [2.75, 3.05) is 0 Å². The number of Topliss-reactive ketones (excluding diaryl/α,β-unsaturated/α-hetero) is 2. The maximum absolute atomic E-state index is 12.6. The predicted molar refractivity (Wildman–Crippen MR) is 91.4 cm³/mol. The zero-order valence-electron chi connectivity index (χ0n) is 13.1. The van der Waals surface area contributed by atoms with Gasteiger partial charge in [0.2, 0.25) is 0 Å². The summed E-state index contributed by atoms with van der Waals surface area (Å²) in [6.45, 7) is 0. The largest absolute Gasteiger partial charge is 0.507 e. The lowest BCUT2D eigenvalue weighted by Gasteiger charge is -2.36. The summed E-state index contributed by atoms with van der Waals surface area (Å²) in [5.41, 5.74) is 2.11. The zero-order valence-corrected chi connectivity index (χ0v) is 14.7. The highest BCUT2D eigenvalue weighted by molar-refractivity contribution is 9.10. The van der Waals surface area contributed by atoms with E-state index in [4.69, 9.17) is 4.74 Å². The molecule has 0 fully saturated rings. The van der Waals surface area contributed by atoms with E-state index >= 15 is 0 Å². The molecule has 0 spiro atoms. The number of hydrogen-bond donors (Lipinski definition) is 1. The molecule has 3 aliphatic rings. The second kappa shape index (κ2) is 5.88. The number of phenolic OH excluding ortho intramolecular Hbond substituents is 1. The van der Waals surface area contributed by atoms with Crippen molar-refractivity contribution < 1.29 is 19.4 Å². The number of carbonyl (C=O) groups excluding carboxylic acids is 2. The van der Waals surface area contributed by atoms with Crippen molar-refractivity contribution in [1.29, 1.82) is 0 Å². The molecule has 0 unspecified atom stereocenters. The Kier molecular flexibility index (Phi) is 3.83. The van der Waals surface area contributed by atoms with Crippen LogP contribution in [-0.2, 0) is 14.3 Å². The fourth-order valence-electron chi connectivity index (χ4n) is 3.85. The lowest BCUT2D eigenvalue weighted by molar-refractivity contribution is -0.117. The van der Waals surface area contributed by atoms with Gasteiger partial charge in [-0.1, -0.05) is 6.07 Å². The average molecular weight is 389 g/mol. The van der Waals surface area contributed by atoms with Crippen LogP contribution >= 0.6 is 15.9 Å². The molecule has 4 nitrogen and oxygen atoms in total. The normalized spacial score (nSPS) is 21.5. The van der Waals surface area contributed by atoms with Crippen LogP contribution in [0.3, 0.4) is 0 Å². The molecular weight excluding hydrogens is 372 g/mol. The van der Waals surface area contributed by atoms with Crippen molar-refractivity contribution in [3.05, 3.63) is 50.9 Å². The number of allylic oxidation sites excluding steroid dienone is 4. The number of carbonyl (C=O) groups is 2. The average Bonchev–Trinajstić information content (AvgIpc) is 2.56. The van der Waals surface area contributed by atoms with Crippen LogP contribution in [-0.4, -0.2) is 16.7 Å². The van der Waals surface area contributed by atoms with E-state index in [0.717, 1.165) is 42.8 Å². The third-order valence-electron chi connectivity index (χ3n) is 4.95. The summed E-state index contributed by atoms with van der Waals surface area (Å²) < 4.78 is 6.55. The van der Waals surface area contributed by atoms with Gasteiger partial charge in [-0.05, 0) is 46.5 Å². The van der Waals surface area contributed by atoms with Crippen LogP contribution in [0.25, 0.3) is 0 Å². The minimum Gasteiger partial charge on any atom is -0.507 e. The minimum atomic E-state index is -0.374.